The van der Waals surface area contributed by atoms with Crippen LogP contribution in [0.25, 0.3) is 0 Å². The minimum Gasteiger partial charge on any atom is -0.341 e. The van der Waals surface area contributed by atoms with Crippen molar-refractivity contribution in [2.24, 2.45) is 5.92 Å². The summed E-state index contributed by atoms with van der Waals surface area (Å²) in [7, 11) is 0. The summed E-state index contributed by atoms with van der Waals surface area (Å²) in [5.74, 6) is 1.50. The Morgan fingerprint density at radius 1 is 1.53 bits per heavy atom. The van der Waals surface area contributed by atoms with Crippen molar-refractivity contribution in [2.75, 3.05) is 25.1 Å². The van der Waals surface area contributed by atoms with Crippen LogP contribution in [0.1, 0.15) is 26.7 Å². The molecular formula is C11H20N2OS. The summed E-state index contributed by atoms with van der Waals surface area (Å²) in [6.45, 7) is 5.50. The molecule has 0 heterocycles. The van der Waals surface area contributed by atoms with Gasteiger partial charge in [-0.1, -0.05) is 13.8 Å². The number of nitrogens with zero attached hydrogens (tertiary/aromatic N) is 2. The number of nitriles is 1. The van der Waals surface area contributed by atoms with Crippen LogP contribution in [-0.4, -0.2) is 35.9 Å². The van der Waals surface area contributed by atoms with Gasteiger partial charge in [0, 0.05) is 25.3 Å². The summed E-state index contributed by atoms with van der Waals surface area (Å²) in [4.78, 5) is 13.6. The van der Waals surface area contributed by atoms with E-state index in [1.807, 2.05) is 11.2 Å². The molecule has 0 fully saturated rings. The van der Waals surface area contributed by atoms with Crippen LogP contribution >= 0.6 is 11.8 Å². The van der Waals surface area contributed by atoms with E-state index in [1.54, 1.807) is 11.8 Å². The van der Waals surface area contributed by atoms with E-state index >= 15 is 0 Å². The summed E-state index contributed by atoms with van der Waals surface area (Å²) in [5.41, 5.74) is 0. The highest BCUT2D eigenvalue weighted by atomic mass is 32.2. The van der Waals surface area contributed by atoms with Gasteiger partial charge < -0.3 is 4.90 Å². The van der Waals surface area contributed by atoms with Crippen LogP contribution < -0.4 is 0 Å². The molecule has 0 bridgehead atoms. The van der Waals surface area contributed by atoms with Gasteiger partial charge in [-0.2, -0.15) is 17.0 Å². The maximum absolute atomic E-state index is 11.7. The van der Waals surface area contributed by atoms with Gasteiger partial charge in [0.15, 0.2) is 0 Å². The maximum Gasteiger partial charge on any atom is 0.223 e. The Hall–Kier alpha value is -0.690. The van der Waals surface area contributed by atoms with Gasteiger partial charge in [0.1, 0.15) is 0 Å². The number of rotatable bonds is 7. The van der Waals surface area contributed by atoms with Crippen molar-refractivity contribution in [3.05, 3.63) is 0 Å². The van der Waals surface area contributed by atoms with E-state index in [9.17, 15) is 4.79 Å². The highest BCUT2D eigenvalue weighted by molar-refractivity contribution is 7.98. The molecule has 0 radical (unpaired) electrons. The van der Waals surface area contributed by atoms with Gasteiger partial charge in [0.25, 0.3) is 0 Å². The minimum atomic E-state index is 0.174. The first-order chi connectivity index (χ1) is 7.11. The molecule has 0 aromatic heterocycles. The zero-order valence-corrected chi connectivity index (χ0v) is 10.6. The normalized spacial score (nSPS) is 10.1. The van der Waals surface area contributed by atoms with Crippen molar-refractivity contribution < 1.29 is 4.79 Å². The van der Waals surface area contributed by atoms with Crippen LogP contribution in [0, 0.1) is 17.2 Å². The first kappa shape index (κ1) is 14.3. The van der Waals surface area contributed by atoms with Crippen LogP contribution in [0.3, 0.4) is 0 Å². The SMILES string of the molecule is CSCCC(=O)N(CCC#N)CC(C)C. The average molecular weight is 228 g/mol. The molecule has 0 spiro atoms. The lowest BCUT2D eigenvalue weighted by molar-refractivity contribution is -0.131. The third-order valence-electron chi connectivity index (χ3n) is 1.95. The largest absolute Gasteiger partial charge is 0.341 e. The minimum absolute atomic E-state index is 0.174. The first-order valence-electron chi connectivity index (χ1n) is 5.25. The van der Waals surface area contributed by atoms with Gasteiger partial charge in [-0.05, 0) is 12.2 Å². The standard InChI is InChI=1S/C11H20N2OS/c1-10(2)9-13(7-4-6-12)11(14)5-8-15-3/h10H,4-5,7-9H2,1-3H3. The van der Waals surface area contributed by atoms with Crippen LogP contribution in [0.2, 0.25) is 0 Å². The van der Waals surface area contributed by atoms with Gasteiger partial charge in [-0.3, -0.25) is 4.79 Å². The Bertz CT molecular complexity index is 223. The molecule has 86 valence electrons. The molecule has 0 atom stereocenters. The lowest BCUT2D eigenvalue weighted by Gasteiger charge is -2.23. The Labute approximate surface area is 96.8 Å². The highest BCUT2D eigenvalue weighted by Crippen LogP contribution is 2.05. The summed E-state index contributed by atoms with van der Waals surface area (Å²) < 4.78 is 0. The van der Waals surface area contributed by atoms with E-state index in [0.29, 0.717) is 25.3 Å². The summed E-state index contributed by atoms with van der Waals surface area (Å²) in [5, 5.41) is 8.52. The number of hydrogen-bond acceptors (Lipinski definition) is 3. The number of carbonyl (C=O) groups excluding carboxylic acids is 1. The van der Waals surface area contributed by atoms with E-state index in [4.69, 9.17) is 5.26 Å². The first-order valence-corrected chi connectivity index (χ1v) is 6.64. The van der Waals surface area contributed by atoms with Crippen molar-refractivity contribution in [3.8, 4) is 6.07 Å². The molecule has 0 saturated carbocycles. The van der Waals surface area contributed by atoms with Crippen molar-refractivity contribution in [2.45, 2.75) is 26.7 Å². The molecule has 0 aromatic rings. The van der Waals surface area contributed by atoms with Crippen LogP contribution in [0.5, 0.6) is 0 Å². The third kappa shape index (κ3) is 7.26. The Kier molecular flexibility index (Phi) is 8.21. The fraction of sp³-hybridized carbons (Fsp3) is 0.818. The highest BCUT2D eigenvalue weighted by Gasteiger charge is 2.13. The zero-order chi connectivity index (χ0) is 11.7. The number of carbonyl (C=O) groups is 1. The number of hydrogen-bond donors (Lipinski definition) is 0. The van der Waals surface area contributed by atoms with Crippen molar-refractivity contribution in [1.29, 1.82) is 5.26 Å². The van der Waals surface area contributed by atoms with Crippen molar-refractivity contribution in [1.82, 2.24) is 4.90 Å². The zero-order valence-electron chi connectivity index (χ0n) is 9.82. The molecule has 4 heteroatoms. The smallest absolute Gasteiger partial charge is 0.223 e. The quantitative estimate of drug-likeness (QED) is 0.670. The molecule has 0 aliphatic heterocycles. The number of amides is 1. The Balaban J connectivity index is 4.09. The molecule has 0 unspecified atom stereocenters. The van der Waals surface area contributed by atoms with E-state index in [0.717, 1.165) is 12.3 Å². The molecule has 15 heavy (non-hydrogen) atoms. The lowest BCUT2D eigenvalue weighted by Crippen LogP contribution is -2.35. The van der Waals surface area contributed by atoms with Gasteiger partial charge in [-0.15, -0.1) is 0 Å². The maximum atomic E-state index is 11.7. The van der Waals surface area contributed by atoms with Gasteiger partial charge in [0.05, 0.1) is 12.5 Å². The molecule has 0 aliphatic carbocycles. The molecule has 0 rings (SSSR count). The van der Waals surface area contributed by atoms with Crippen LogP contribution in [0.15, 0.2) is 0 Å². The van der Waals surface area contributed by atoms with Crippen molar-refractivity contribution >= 4 is 17.7 Å². The Morgan fingerprint density at radius 3 is 2.67 bits per heavy atom. The van der Waals surface area contributed by atoms with E-state index in [-0.39, 0.29) is 5.91 Å². The monoisotopic (exact) mass is 228 g/mol. The van der Waals surface area contributed by atoms with Crippen LogP contribution in [0.4, 0.5) is 0 Å². The summed E-state index contributed by atoms with van der Waals surface area (Å²) >= 11 is 1.68. The fourth-order valence-electron chi connectivity index (χ4n) is 1.29. The van der Waals surface area contributed by atoms with Crippen LogP contribution in [-0.2, 0) is 4.79 Å². The average Bonchev–Trinajstić information content (AvgIpc) is 2.20. The predicted molar refractivity (Wildman–Crippen MR) is 64.6 cm³/mol. The lowest BCUT2D eigenvalue weighted by atomic mass is 10.2. The fourth-order valence-corrected chi connectivity index (χ4v) is 1.67. The second kappa shape index (κ2) is 8.60. The van der Waals surface area contributed by atoms with Crippen molar-refractivity contribution in [3.63, 3.8) is 0 Å². The van der Waals surface area contributed by atoms with Gasteiger partial charge in [0.2, 0.25) is 5.91 Å². The molecule has 1 amide bonds. The van der Waals surface area contributed by atoms with E-state index in [1.165, 1.54) is 0 Å². The van der Waals surface area contributed by atoms with E-state index < -0.39 is 0 Å². The second-order valence-electron chi connectivity index (χ2n) is 3.88. The van der Waals surface area contributed by atoms with E-state index in [2.05, 4.69) is 19.9 Å². The molecule has 0 saturated heterocycles. The van der Waals surface area contributed by atoms with Gasteiger partial charge in [-0.25, -0.2) is 0 Å². The Morgan fingerprint density at radius 2 is 2.20 bits per heavy atom. The third-order valence-corrected chi connectivity index (χ3v) is 2.56. The van der Waals surface area contributed by atoms with Gasteiger partial charge >= 0.3 is 0 Å². The summed E-state index contributed by atoms with van der Waals surface area (Å²) in [6, 6.07) is 2.08. The molecule has 0 aliphatic rings. The molecule has 3 nitrogen and oxygen atoms in total. The summed E-state index contributed by atoms with van der Waals surface area (Å²) in [6.07, 6.45) is 3.01. The molecular weight excluding hydrogens is 208 g/mol. The molecule has 0 N–H and O–H groups in total. The predicted octanol–water partition coefficient (Wildman–Crippen LogP) is 2.14. The second-order valence-corrected chi connectivity index (χ2v) is 4.87. The number of thioether (sulfide) groups is 1. The topological polar surface area (TPSA) is 44.1 Å². The molecule has 0 aromatic carbocycles.